The normalized spacial score (nSPS) is 10.7. The van der Waals surface area contributed by atoms with Crippen LogP contribution >= 0.6 is 0 Å². The van der Waals surface area contributed by atoms with Crippen LogP contribution in [0.2, 0.25) is 0 Å². The third kappa shape index (κ3) is 6.46. The summed E-state index contributed by atoms with van der Waals surface area (Å²) >= 11 is 0. The maximum absolute atomic E-state index is 11.7. The van der Waals surface area contributed by atoms with E-state index in [1.54, 1.807) is 42.7 Å². The van der Waals surface area contributed by atoms with Crippen LogP contribution in [0.4, 0.5) is 0 Å². The van der Waals surface area contributed by atoms with Gasteiger partial charge in [-0.2, -0.15) is 0 Å². The molecule has 0 atom stereocenters. The Kier molecular flexibility index (Phi) is 7.52. The molecule has 0 saturated carbocycles. The van der Waals surface area contributed by atoms with Crippen LogP contribution < -0.4 is 0 Å². The van der Waals surface area contributed by atoms with Gasteiger partial charge in [-0.05, 0) is 48.1 Å². The molecule has 0 amide bonds. The molecule has 0 aliphatic carbocycles. The van der Waals surface area contributed by atoms with Crippen LogP contribution in [0.1, 0.15) is 32.2 Å². The molecule has 2 aromatic heterocycles. The third-order valence-electron chi connectivity index (χ3n) is 3.99. The molecular weight excluding hydrogens is 376 g/mol. The maximum atomic E-state index is 11.7. The van der Waals surface area contributed by atoms with Gasteiger partial charge in [0.2, 0.25) is 5.78 Å². The van der Waals surface area contributed by atoms with Crippen molar-refractivity contribution in [1.29, 1.82) is 0 Å². The van der Waals surface area contributed by atoms with Crippen LogP contribution in [0.25, 0.3) is 12.2 Å². The van der Waals surface area contributed by atoms with E-state index in [-0.39, 0.29) is 11.6 Å². The van der Waals surface area contributed by atoms with E-state index in [2.05, 4.69) is 0 Å². The summed E-state index contributed by atoms with van der Waals surface area (Å²) in [5, 5.41) is 0. The van der Waals surface area contributed by atoms with E-state index < -0.39 is 0 Å². The lowest BCUT2D eigenvalue weighted by molar-refractivity contribution is 0.102. The summed E-state index contributed by atoms with van der Waals surface area (Å²) in [4.78, 5) is 23.1. The Labute approximate surface area is 174 Å². The molecule has 0 radical (unpaired) electrons. The van der Waals surface area contributed by atoms with E-state index in [4.69, 9.17) is 8.83 Å². The number of carbonyl (C=O) groups is 2. The SMILES string of the molecule is O=C(/C=C/c1ccco1)c1ccco1.O=C(C=Cc1ccccc1)c1ccccc1. The third-order valence-corrected chi connectivity index (χ3v) is 3.99. The van der Waals surface area contributed by atoms with Gasteiger partial charge in [0.25, 0.3) is 0 Å². The van der Waals surface area contributed by atoms with E-state index >= 15 is 0 Å². The largest absolute Gasteiger partial charge is 0.465 e. The summed E-state index contributed by atoms with van der Waals surface area (Å²) < 4.78 is 9.97. The van der Waals surface area contributed by atoms with E-state index in [9.17, 15) is 9.59 Å². The molecule has 0 bridgehead atoms. The number of carbonyl (C=O) groups excluding carboxylic acids is 2. The number of hydrogen-bond acceptors (Lipinski definition) is 4. The van der Waals surface area contributed by atoms with Crippen LogP contribution in [0, 0.1) is 0 Å². The monoisotopic (exact) mass is 396 g/mol. The van der Waals surface area contributed by atoms with Gasteiger partial charge in [-0.25, -0.2) is 0 Å². The molecular formula is C26H20O4. The van der Waals surface area contributed by atoms with E-state index in [1.807, 2.05) is 66.7 Å². The van der Waals surface area contributed by atoms with Gasteiger partial charge in [-0.15, -0.1) is 0 Å². The molecule has 30 heavy (non-hydrogen) atoms. The standard InChI is InChI=1S/C15H12O.C11H8O3/c16-15(14-9-5-2-6-10-14)12-11-13-7-3-1-4-8-13;12-10(11-4-2-8-14-11)6-5-9-3-1-7-13-9/h1-12H;1-8H/b;6-5+. The zero-order valence-corrected chi connectivity index (χ0v) is 16.2. The predicted octanol–water partition coefficient (Wildman–Crippen LogP) is 6.35. The first-order chi connectivity index (χ1) is 14.7. The first-order valence-electron chi connectivity index (χ1n) is 9.34. The molecule has 0 aliphatic rings. The first-order valence-corrected chi connectivity index (χ1v) is 9.34. The zero-order valence-electron chi connectivity index (χ0n) is 16.2. The smallest absolute Gasteiger partial charge is 0.221 e. The van der Waals surface area contributed by atoms with Gasteiger partial charge >= 0.3 is 0 Å². The molecule has 2 heterocycles. The van der Waals surface area contributed by atoms with Gasteiger partial charge in [0.15, 0.2) is 11.5 Å². The molecule has 0 fully saturated rings. The van der Waals surface area contributed by atoms with Crippen molar-refractivity contribution in [2.45, 2.75) is 0 Å². The Hall–Kier alpha value is -4.18. The summed E-state index contributed by atoms with van der Waals surface area (Å²) in [6, 6.07) is 25.9. The van der Waals surface area contributed by atoms with Gasteiger partial charge in [-0.3, -0.25) is 9.59 Å². The minimum absolute atomic E-state index is 0.0319. The van der Waals surface area contributed by atoms with E-state index in [1.165, 1.54) is 12.3 Å². The topological polar surface area (TPSA) is 60.4 Å². The molecule has 4 rings (SSSR count). The minimum Gasteiger partial charge on any atom is -0.465 e. The highest BCUT2D eigenvalue weighted by Gasteiger charge is 2.03. The fourth-order valence-electron chi connectivity index (χ4n) is 2.48. The second-order valence-electron chi connectivity index (χ2n) is 6.16. The fraction of sp³-hybridized carbons (Fsp3) is 0. The van der Waals surface area contributed by atoms with Gasteiger partial charge < -0.3 is 8.83 Å². The van der Waals surface area contributed by atoms with Crippen LogP contribution in [0.5, 0.6) is 0 Å². The second kappa shape index (κ2) is 11.0. The van der Waals surface area contributed by atoms with Crippen molar-refractivity contribution in [3.8, 4) is 0 Å². The molecule has 0 unspecified atom stereocenters. The lowest BCUT2D eigenvalue weighted by atomic mass is 10.1. The molecule has 4 heteroatoms. The second-order valence-corrected chi connectivity index (χ2v) is 6.16. The molecule has 148 valence electrons. The van der Waals surface area contributed by atoms with Crippen LogP contribution in [-0.2, 0) is 0 Å². The molecule has 0 aliphatic heterocycles. The number of rotatable bonds is 6. The van der Waals surface area contributed by atoms with E-state index in [0.717, 1.165) is 11.1 Å². The molecule has 4 nitrogen and oxygen atoms in total. The summed E-state index contributed by atoms with van der Waals surface area (Å²) in [5.74, 6) is 0.827. The summed E-state index contributed by atoms with van der Waals surface area (Å²) in [6.07, 6.45) is 9.47. The highest BCUT2D eigenvalue weighted by molar-refractivity contribution is 6.06. The molecule has 0 N–H and O–H groups in total. The van der Waals surface area contributed by atoms with Crippen LogP contribution in [0.3, 0.4) is 0 Å². The molecule has 2 aromatic carbocycles. The average molecular weight is 396 g/mol. The van der Waals surface area contributed by atoms with Crippen molar-refractivity contribution in [3.05, 3.63) is 132 Å². The summed E-state index contributed by atoms with van der Waals surface area (Å²) in [5.41, 5.74) is 1.75. The van der Waals surface area contributed by atoms with Crippen LogP contribution in [0.15, 0.2) is 118 Å². The number of furan rings is 2. The first kappa shape index (κ1) is 20.6. The highest BCUT2D eigenvalue weighted by Crippen LogP contribution is 2.07. The minimum atomic E-state index is -0.175. The molecule has 0 spiro atoms. The Balaban J connectivity index is 0.000000172. The van der Waals surface area contributed by atoms with Crippen molar-refractivity contribution < 1.29 is 18.4 Å². The number of ketones is 2. The van der Waals surface area contributed by atoms with Gasteiger partial charge in [0.1, 0.15) is 5.76 Å². The van der Waals surface area contributed by atoms with Crippen molar-refractivity contribution in [2.75, 3.05) is 0 Å². The van der Waals surface area contributed by atoms with Gasteiger partial charge in [-0.1, -0.05) is 66.7 Å². The quantitative estimate of drug-likeness (QED) is 0.281. The lowest BCUT2D eigenvalue weighted by Gasteiger charge is -1.94. The van der Waals surface area contributed by atoms with Crippen molar-refractivity contribution >= 4 is 23.7 Å². The van der Waals surface area contributed by atoms with Gasteiger partial charge in [0, 0.05) is 5.56 Å². The van der Waals surface area contributed by atoms with Crippen molar-refractivity contribution in [2.24, 2.45) is 0 Å². The van der Waals surface area contributed by atoms with Crippen molar-refractivity contribution in [1.82, 2.24) is 0 Å². The Bertz CT molecular complexity index is 1090. The fourth-order valence-corrected chi connectivity index (χ4v) is 2.48. The van der Waals surface area contributed by atoms with E-state index in [0.29, 0.717) is 11.5 Å². The summed E-state index contributed by atoms with van der Waals surface area (Å²) in [7, 11) is 0. The summed E-state index contributed by atoms with van der Waals surface area (Å²) in [6.45, 7) is 0. The predicted molar refractivity (Wildman–Crippen MR) is 117 cm³/mol. The van der Waals surface area contributed by atoms with Gasteiger partial charge in [0.05, 0.1) is 12.5 Å². The Morgan fingerprint density at radius 2 is 1.23 bits per heavy atom. The highest BCUT2D eigenvalue weighted by atomic mass is 16.3. The number of allylic oxidation sites excluding steroid dienone is 2. The lowest BCUT2D eigenvalue weighted by Crippen LogP contribution is -1.92. The van der Waals surface area contributed by atoms with Crippen molar-refractivity contribution in [3.63, 3.8) is 0 Å². The maximum Gasteiger partial charge on any atom is 0.221 e. The average Bonchev–Trinajstić information content (AvgIpc) is 3.52. The Morgan fingerprint density at radius 1 is 0.600 bits per heavy atom. The Morgan fingerprint density at radius 3 is 1.87 bits per heavy atom. The number of hydrogen-bond donors (Lipinski definition) is 0. The van der Waals surface area contributed by atoms with Crippen LogP contribution in [-0.4, -0.2) is 11.6 Å². The molecule has 0 saturated heterocycles. The molecule has 4 aromatic rings. The zero-order chi connectivity index (χ0) is 21.0. The number of benzene rings is 2.